The molecule has 0 aliphatic heterocycles. The Morgan fingerprint density at radius 2 is 1.90 bits per heavy atom. The van der Waals surface area contributed by atoms with E-state index in [1.807, 2.05) is 0 Å². The summed E-state index contributed by atoms with van der Waals surface area (Å²) in [6.45, 7) is 3.91. The molecule has 0 saturated carbocycles. The average Bonchev–Trinajstić information content (AvgIpc) is 2.63. The molecule has 0 saturated heterocycles. The van der Waals surface area contributed by atoms with Crippen LogP contribution in [0.4, 0.5) is 9.80 Å². The van der Waals surface area contributed by atoms with Gasteiger partial charge in [0.15, 0.2) is 0 Å². The number of aromatic carboxylic acids is 1. The van der Waals surface area contributed by atoms with Crippen LogP contribution in [0.25, 0.3) is 0 Å². The minimum atomic E-state index is -1.06. The fourth-order valence-corrected chi connectivity index (χ4v) is 2.79. The van der Waals surface area contributed by atoms with E-state index in [1.165, 1.54) is 11.3 Å². The van der Waals surface area contributed by atoms with Crippen LogP contribution in [-0.4, -0.2) is 29.6 Å². The van der Waals surface area contributed by atoms with Gasteiger partial charge in [0.25, 0.3) is 0 Å². The van der Waals surface area contributed by atoms with Crippen LogP contribution in [0.2, 0.25) is 0 Å². The number of hydrogen-bond acceptors (Lipinski definition) is 4. The van der Waals surface area contributed by atoms with Crippen molar-refractivity contribution in [1.29, 1.82) is 0 Å². The van der Waals surface area contributed by atoms with Crippen LogP contribution in [0.1, 0.15) is 40.1 Å². The van der Waals surface area contributed by atoms with E-state index in [-0.39, 0.29) is 17.9 Å². The highest BCUT2D eigenvalue weighted by Gasteiger charge is 2.20. The number of amides is 3. The van der Waals surface area contributed by atoms with Gasteiger partial charge in [-0.25, -0.2) is 9.59 Å². The first-order chi connectivity index (χ1) is 9.82. The number of anilines is 1. The van der Waals surface area contributed by atoms with E-state index in [4.69, 9.17) is 10.8 Å². The fourth-order valence-electron chi connectivity index (χ4n) is 1.75. The van der Waals surface area contributed by atoms with E-state index >= 15 is 0 Å². The predicted molar refractivity (Wildman–Crippen MR) is 80.8 cm³/mol. The van der Waals surface area contributed by atoms with E-state index in [0.29, 0.717) is 30.0 Å². The summed E-state index contributed by atoms with van der Waals surface area (Å²) in [5.41, 5.74) is 5.79. The molecule has 1 aromatic rings. The number of unbranched alkanes of at least 4 members (excludes halogenated alkanes) is 1. The number of aryl methyl sites for hydroxylation is 1. The molecule has 0 bridgehead atoms. The Morgan fingerprint density at radius 3 is 2.48 bits per heavy atom. The number of nitrogens with two attached hydrogens (primary N) is 1. The molecule has 8 heteroatoms. The predicted octanol–water partition coefficient (Wildman–Crippen LogP) is 1.84. The first kappa shape index (κ1) is 17.0. The Labute approximate surface area is 126 Å². The van der Waals surface area contributed by atoms with Gasteiger partial charge in [0.05, 0.1) is 5.56 Å². The maximum absolute atomic E-state index is 11.7. The number of thiophene rings is 1. The van der Waals surface area contributed by atoms with Crippen LogP contribution < -0.4 is 16.4 Å². The summed E-state index contributed by atoms with van der Waals surface area (Å²) in [5, 5.41) is 14.6. The molecule has 1 heterocycles. The molecule has 0 aliphatic rings. The second-order valence-electron chi connectivity index (χ2n) is 4.60. The molecule has 21 heavy (non-hydrogen) atoms. The largest absolute Gasteiger partial charge is 0.478 e. The van der Waals surface area contributed by atoms with Crippen LogP contribution in [0, 0.1) is 13.8 Å². The minimum absolute atomic E-state index is 0.126. The first-order valence-corrected chi connectivity index (χ1v) is 7.31. The van der Waals surface area contributed by atoms with Crippen molar-refractivity contribution in [2.45, 2.75) is 33.1 Å². The second kappa shape index (κ2) is 7.63. The topological polar surface area (TPSA) is 122 Å². The van der Waals surface area contributed by atoms with Gasteiger partial charge in [-0.3, -0.25) is 10.1 Å². The maximum atomic E-state index is 11.7. The Kier molecular flexibility index (Phi) is 6.16. The minimum Gasteiger partial charge on any atom is -0.478 e. The van der Waals surface area contributed by atoms with Crippen molar-refractivity contribution in [2.24, 2.45) is 5.73 Å². The lowest BCUT2D eigenvalue weighted by atomic mass is 10.1. The number of carboxylic acids is 1. The van der Waals surface area contributed by atoms with Gasteiger partial charge in [0, 0.05) is 17.8 Å². The van der Waals surface area contributed by atoms with Crippen LogP contribution in [0.15, 0.2) is 0 Å². The number of primary amides is 1. The van der Waals surface area contributed by atoms with Crippen molar-refractivity contribution < 1.29 is 19.5 Å². The van der Waals surface area contributed by atoms with Crippen molar-refractivity contribution in [3.8, 4) is 0 Å². The zero-order chi connectivity index (χ0) is 16.0. The van der Waals surface area contributed by atoms with Gasteiger partial charge in [0.1, 0.15) is 5.00 Å². The second-order valence-corrected chi connectivity index (χ2v) is 5.82. The molecule has 1 aromatic heterocycles. The van der Waals surface area contributed by atoms with E-state index in [0.717, 1.165) is 4.88 Å². The summed E-state index contributed by atoms with van der Waals surface area (Å²) >= 11 is 1.23. The zero-order valence-electron chi connectivity index (χ0n) is 12.0. The van der Waals surface area contributed by atoms with Gasteiger partial charge in [0.2, 0.25) is 5.91 Å². The van der Waals surface area contributed by atoms with Crippen molar-refractivity contribution in [3.63, 3.8) is 0 Å². The number of rotatable bonds is 7. The number of carbonyl (C=O) groups is 3. The van der Waals surface area contributed by atoms with Crippen LogP contribution in [0.3, 0.4) is 0 Å². The fraction of sp³-hybridized carbons (Fsp3) is 0.462. The zero-order valence-corrected chi connectivity index (χ0v) is 12.8. The Hall–Kier alpha value is -2.09. The van der Waals surface area contributed by atoms with Crippen LogP contribution in [-0.2, 0) is 4.79 Å². The third kappa shape index (κ3) is 5.07. The molecule has 0 radical (unpaired) electrons. The number of carboxylic acid groups (broad SMARTS) is 1. The Morgan fingerprint density at radius 1 is 1.24 bits per heavy atom. The number of nitrogens with one attached hydrogen (secondary N) is 2. The van der Waals surface area contributed by atoms with Crippen LogP contribution in [0.5, 0.6) is 0 Å². The normalized spacial score (nSPS) is 10.2. The van der Waals surface area contributed by atoms with Crippen molar-refractivity contribution in [2.75, 3.05) is 11.9 Å². The highest BCUT2D eigenvalue weighted by atomic mass is 32.1. The SMILES string of the molecule is Cc1sc(NC(=O)NCCCCC(N)=O)c(C(=O)O)c1C. The third-order valence-electron chi connectivity index (χ3n) is 2.96. The van der Waals surface area contributed by atoms with E-state index in [9.17, 15) is 14.4 Å². The Balaban J connectivity index is 2.50. The van der Waals surface area contributed by atoms with Gasteiger partial charge in [-0.05, 0) is 32.3 Å². The molecular formula is C13H19N3O4S. The molecular weight excluding hydrogens is 294 g/mol. The van der Waals surface area contributed by atoms with Gasteiger partial charge in [-0.1, -0.05) is 0 Å². The third-order valence-corrected chi connectivity index (χ3v) is 4.08. The first-order valence-electron chi connectivity index (χ1n) is 6.49. The van der Waals surface area contributed by atoms with Crippen LogP contribution >= 0.6 is 11.3 Å². The summed E-state index contributed by atoms with van der Waals surface area (Å²) in [6.07, 6.45) is 1.52. The lowest BCUT2D eigenvalue weighted by Gasteiger charge is -2.06. The molecule has 0 fully saturated rings. The maximum Gasteiger partial charge on any atom is 0.338 e. The van der Waals surface area contributed by atoms with E-state index < -0.39 is 12.0 Å². The lowest BCUT2D eigenvalue weighted by Crippen LogP contribution is -2.29. The number of hydrogen-bond donors (Lipinski definition) is 4. The van der Waals surface area contributed by atoms with E-state index in [2.05, 4.69) is 10.6 Å². The molecule has 0 aromatic carbocycles. The van der Waals surface area contributed by atoms with Crippen molar-refractivity contribution in [3.05, 3.63) is 16.0 Å². The van der Waals surface area contributed by atoms with Gasteiger partial charge in [-0.2, -0.15) is 0 Å². The van der Waals surface area contributed by atoms with Crippen molar-refractivity contribution >= 4 is 34.2 Å². The van der Waals surface area contributed by atoms with Gasteiger partial charge < -0.3 is 16.2 Å². The quantitative estimate of drug-likeness (QED) is 0.574. The van der Waals surface area contributed by atoms with Gasteiger partial charge >= 0.3 is 12.0 Å². The number of urea groups is 1. The van der Waals surface area contributed by atoms with E-state index in [1.54, 1.807) is 13.8 Å². The molecule has 3 amide bonds. The molecule has 5 N–H and O–H groups in total. The lowest BCUT2D eigenvalue weighted by molar-refractivity contribution is -0.118. The molecule has 1 rings (SSSR count). The summed E-state index contributed by atoms with van der Waals surface area (Å²) in [4.78, 5) is 34.3. The molecule has 0 aliphatic carbocycles. The summed E-state index contributed by atoms with van der Waals surface area (Å²) in [6, 6.07) is -0.460. The van der Waals surface area contributed by atoms with Gasteiger partial charge in [-0.15, -0.1) is 11.3 Å². The summed E-state index contributed by atoms with van der Waals surface area (Å²) in [7, 11) is 0. The Bertz CT molecular complexity index is 554. The summed E-state index contributed by atoms with van der Waals surface area (Å²) in [5.74, 6) is -1.43. The standard InChI is InChI=1S/C13H19N3O4S/c1-7-8(2)21-11(10(7)12(18)19)16-13(20)15-6-4-3-5-9(14)17/h3-6H2,1-2H3,(H2,14,17)(H,18,19)(H2,15,16,20). The highest BCUT2D eigenvalue weighted by Crippen LogP contribution is 2.32. The highest BCUT2D eigenvalue weighted by molar-refractivity contribution is 7.16. The smallest absolute Gasteiger partial charge is 0.338 e. The number of carbonyl (C=O) groups excluding carboxylic acids is 2. The molecule has 0 unspecified atom stereocenters. The van der Waals surface area contributed by atoms with Crippen molar-refractivity contribution in [1.82, 2.24) is 5.32 Å². The average molecular weight is 313 g/mol. The summed E-state index contributed by atoms with van der Waals surface area (Å²) < 4.78 is 0. The molecule has 0 spiro atoms. The molecule has 7 nitrogen and oxygen atoms in total. The molecule has 0 atom stereocenters. The molecule has 116 valence electrons. The monoisotopic (exact) mass is 313 g/mol.